The monoisotopic (exact) mass is 276 g/mol. The van der Waals surface area contributed by atoms with Gasteiger partial charge in [0.25, 0.3) is 0 Å². The Labute approximate surface area is 118 Å². The first-order chi connectivity index (χ1) is 9.38. The molecule has 2 heterocycles. The molecule has 1 saturated heterocycles. The van der Waals surface area contributed by atoms with Crippen LogP contribution < -0.4 is 10.6 Å². The van der Waals surface area contributed by atoms with E-state index in [0.29, 0.717) is 0 Å². The van der Waals surface area contributed by atoms with E-state index in [1.807, 2.05) is 0 Å². The summed E-state index contributed by atoms with van der Waals surface area (Å²) in [6.45, 7) is 6.29. The van der Waals surface area contributed by atoms with Gasteiger partial charge in [0.15, 0.2) is 0 Å². The molecule has 1 aromatic heterocycles. The van der Waals surface area contributed by atoms with Crippen LogP contribution in [0.15, 0.2) is 24.3 Å². The van der Waals surface area contributed by atoms with Crippen molar-refractivity contribution in [3.63, 3.8) is 0 Å². The number of piperazine rings is 1. The fourth-order valence-electron chi connectivity index (χ4n) is 2.60. The predicted molar refractivity (Wildman–Crippen MR) is 81.9 cm³/mol. The van der Waals surface area contributed by atoms with Gasteiger partial charge < -0.3 is 10.6 Å². The number of hydrogen-bond acceptors (Lipinski definition) is 5. The van der Waals surface area contributed by atoms with Gasteiger partial charge in [-0.1, -0.05) is 12.1 Å². The summed E-state index contributed by atoms with van der Waals surface area (Å²) in [5.74, 6) is 1.17. The second-order valence-electron chi connectivity index (χ2n) is 4.97. The smallest absolute Gasteiger partial charge is 0.150 e. The third kappa shape index (κ3) is 2.73. The van der Waals surface area contributed by atoms with Crippen LogP contribution in [0.1, 0.15) is 6.42 Å². The number of nitrogens with zero attached hydrogens (tertiary/aromatic N) is 3. The molecule has 19 heavy (non-hydrogen) atoms. The number of benzene rings is 1. The number of rotatable bonds is 4. The SMILES string of the molecule is NCCCN1CCN(c2nsc3ccccc23)CC1. The molecule has 0 bridgehead atoms. The van der Waals surface area contributed by atoms with Crippen molar-refractivity contribution >= 4 is 27.4 Å². The lowest BCUT2D eigenvalue weighted by molar-refractivity contribution is 0.256. The lowest BCUT2D eigenvalue weighted by Crippen LogP contribution is -2.47. The van der Waals surface area contributed by atoms with Crippen molar-refractivity contribution < 1.29 is 0 Å². The third-order valence-corrected chi connectivity index (χ3v) is 4.53. The average molecular weight is 276 g/mol. The number of hydrogen-bond donors (Lipinski definition) is 1. The Morgan fingerprint density at radius 1 is 1.16 bits per heavy atom. The molecule has 0 unspecified atom stereocenters. The molecule has 1 aliphatic heterocycles. The molecule has 1 fully saturated rings. The molecule has 0 amide bonds. The van der Waals surface area contributed by atoms with Crippen LogP contribution in [0.5, 0.6) is 0 Å². The zero-order valence-electron chi connectivity index (χ0n) is 11.1. The van der Waals surface area contributed by atoms with E-state index in [1.165, 1.54) is 15.9 Å². The minimum absolute atomic E-state index is 0.789. The lowest BCUT2D eigenvalue weighted by atomic mass is 10.2. The lowest BCUT2D eigenvalue weighted by Gasteiger charge is -2.35. The molecule has 102 valence electrons. The fourth-order valence-corrected chi connectivity index (χ4v) is 3.39. The molecule has 0 saturated carbocycles. The van der Waals surface area contributed by atoms with E-state index in [1.54, 1.807) is 11.5 Å². The summed E-state index contributed by atoms with van der Waals surface area (Å²) < 4.78 is 5.92. The van der Waals surface area contributed by atoms with Crippen molar-refractivity contribution in [1.82, 2.24) is 9.27 Å². The Bertz CT molecular complexity index is 531. The first kappa shape index (κ1) is 12.8. The largest absolute Gasteiger partial charge is 0.353 e. The van der Waals surface area contributed by atoms with Crippen LogP contribution in [0, 0.1) is 0 Å². The fraction of sp³-hybridized carbons (Fsp3) is 0.500. The van der Waals surface area contributed by atoms with Crippen LogP contribution in [0.25, 0.3) is 10.1 Å². The standard InChI is InChI=1S/C14H20N4S/c15-6-3-7-17-8-10-18(11-9-17)14-12-4-1-2-5-13(12)19-16-14/h1-2,4-5H,3,6-11,15H2. The molecule has 2 N–H and O–H groups in total. The first-order valence-corrected chi connectivity index (χ1v) is 7.67. The van der Waals surface area contributed by atoms with E-state index in [9.17, 15) is 0 Å². The van der Waals surface area contributed by atoms with E-state index in [-0.39, 0.29) is 0 Å². The highest BCUT2D eigenvalue weighted by atomic mass is 32.1. The molecule has 1 aliphatic rings. The van der Waals surface area contributed by atoms with Crippen LogP contribution in [0.2, 0.25) is 0 Å². The highest BCUT2D eigenvalue weighted by Crippen LogP contribution is 2.29. The second-order valence-corrected chi connectivity index (χ2v) is 5.78. The van der Waals surface area contributed by atoms with Gasteiger partial charge in [-0.3, -0.25) is 4.90 Å². The Morgan fingerprint density at radius 3 is 2.74 bits per heavy atom. The molecule has 0 spiro atoms. The Kier molecular flexibility index (Phi) is 3.96. The predicted octanol–water partition coefficient (Wildman–Crippen LogP) is 1.77. The van der Waals surface area contributed by atoms with Gasteiger partial charge in [-0.15, -0.1) is 0 Å². The molecule has 0 radical (unpaired) electrons. The van der Waals surface area contributed by atoms with Crippen molar-refractivity contribution in [2.75, 3.05) is 44.2 Å². The van der Waals surface area contributed by atoms with Crippen molar-refractivity contribution in [1.29, 1.82) is 0 Å². The summed E-state index contributed by atoms with van der Waals surface area (Å²) in [6.07, 6.45) is 1.10. The summed E-state index contributed by atoms with van der Waals surface area (Å²) >= 11 is 1.60. The third-order valence-electron chi connectivity index (χ3n) is 3.71. The molecule has 4 nitrogen and oxygen atoms in total. The molecular formula is C14H20N4S. The van der Waals surface area contributed by atoms with Gasteiger partial charge in [0, 0.05) is 31.6 Å². The van der Waals surface area contributed by atoms with Gasteiger partial charge in [-0.25, -0.2) is 0 Å². The minimum atomic E-state index is 0.789. The Hall–Kier alpha value is -1.17. The maximum atomic E-state index is 5.57. The summed E-state index contributed by atoms with van der Waals surface area (Å²) in [4.78, 5) is 4.91. The topological polar surface area (TPSA) is 45.4 Å². The molecule has 0 aliphatic carbocycles. The quantitative estimate of drug-likeness (QED) is 0.924. The minimum Gasteiger partial charge on any atom is -0.353 e. The Morgan fingerprint density at radius 2 is 1.95 bits per heavy atom. The van der Waals surface area contributed by atoms with E-state index in [2.05, 4.69) is 38.4 Å². The maximum Gasteiger partial charge on any atom is 0.150 e. The van der Waals surface area contributed by atoms with Gasteiger partial charge >= 0.3 is 0 Å². The summed E-state index contributed by atoms with van der Waals surface area (Å²) in [6, 6.07) is 8.50. The van der Waals surface area contributed by atoms with Crippen molar-refractivity contribution in [2.45, 2.75) is 6.42 Å². The molecular weight excluding hydrogens is 256 g/mol. The zero-order valence-corrected chi connectivity index (χ0v) is 11.9. The average Bonchev–Trinajstić information content (AvgIpc) is 2.90. The molecule has 3 rings (SSSR count). The van der Waals surface area contributed by atoms with Crippen LogP contribution in [-0.4, -0.2) is 48.5 Å². The van der Waals surface area contributed by atoms with E-state index in [0.717, 1.165) is 45.7 Å². The number of fused-ring (bicyclic) bond motifs is 1. The number of anilines is 1. The zero-order chi connectivity index (χ0) is 13.1. The van der Waals surface area contributed by atoms with Crippen LogP contribution >= 0.6 is 11.5 Å². The summed E-state index contributed by atoms with van der Waals surface area (Å²) in [5.41, 5.74) is 5.57. The van der Waals surface area contributed by atoms with Gasteiger partial charge in [-0.2, -0.15) is 4.37 Å². The van der Waals surface area contributed by atoms with Gasteiger partial charge in [-0.05, 0) is 43.2 Å². The van der Waals surface area contributed by atoms with Crippen LogP contribution in [0.4, 0.5) is 5.82 Å². The number of aromatic nitrogens is 1. The van der Waals surface area contributed by atoms with Crippen LogP contribution in [0.3, 0.4) is 0 Å². The van der Waals surface area contributed by atoms with E-state index >= 15 is 0 Å². The molecule has 5 heteroatoms. The normalized spacial score (nSPS) is 17.2. The highest BCUT2D eigenvalue weighted by Gasteiger charge is 2.19. The second kappa shape index (κ2) is 5.86. The van der Waals surface area contributed by atoms with Crippen molar-refractivity contribution in [2.24, 2.45) is 5.73 Å². The van der Waals surface area contributed by atoms with Crippen LogP contribution in [-0.2, 0) is 0 Å². The molecule has 0 atom stereocenters. The van der Waals surface area contributed by atoms with Gasteiger partial charge in [0.1, 0.15) is 5.82 Å². The van der Waals surface area contributed by atoms with Gasteiger partial charge in [0.2, 0.25) is 0 Å². The van der Waals surface area contributed by atoms with E-state index in [4.69, 9.17) is 5.73 Å². The van der Waals surface area contributed by atoms with Crippen molar-refractivity contribution in [3.05, 3.63) is 24.3 Å². The van der Waals surface area contributed by atoms with Crippen molar-refractivity contribution in [3.8, 4) is 0 Å². The maximum absolute atomic E-state index is 5.57. The Balaban J connectivity index is 1.68. The number of nitrogens with two attached hydrogens (primary N) is 1. The first-order valence-electron chi connectivity index (χ1n) is 6.90. The van der Waals surface area contributed by atoms with Gasteiger partial charge in [0.05, 0.1) is 4.70 Å². The van der Waals surface area contributed by atoms with E-state index < -0.39 is 0 Å². The highest BCUT2D eigenvalue weighted by molar-refractivity contribution is 7.13. The summed E-state index contributed by atoms with van der Waals surface area (Å²) in [5, 5.41) is 1.29. The molecule has 2 aromatic rings. The molecule has 1 aromatic carbocycles. The summed E-state index contributed by atoms with van der Waals surface area (Å²) in [7, 11) is 0.